The Morgan fingerprint density at radius 2 is 2.15 bits per heavy atom. The van der Waals surface area contributed by atoms with Crippen molar-refractivity contribution in [1.82, 2.24) is 4.98 Å². The van der Waals surface area contributed by atoms with Crippen molar-refractivity contribution in [2.24, 2.45) is 0 Å². The van der Waals surface area contributed by atoms with Crippen LogP contribution in [0.5, 0.6) is 0 Å². The molecule has 0 spiro atoms. The predicted molar refractivity (Wildman–Crippen MR) is 42.8 cm³/mol. The summed E-state index contributed by atoms with van der Waals surface area (Å²) in [6.45, 7) is -0.641. The van der Waals surface area contributed by atoms with Gasteiger partial charge in [-0.25, -0.2) is 13.8 Å². The van der Waals surface area contributed by atoms with E-state index in [1.807, 2.05) is 0 Å². The van der Waals surface area contributed by atoms with Crippen LogP contribution in [0.3, 0.4) is 0 Å². The highest BCUT2D eigenvalue weighted by atomic mass is 79.9. The first-order valence-electron chi connectivity index (χ1n) is 3.30. The number of rotatable bonds is 2. The van der Waals surface area contributed by atoms with E-state index in [0.29, 0.717) is 0 Å². The summed E-state index contributed by atoms with van der Waals surface area (Å²) in [5, 5.41) is 8.67. The Balaban J connectivity index is 3.30. The van der Waals surface area contributed by atoms with Crippen LogP contribution in [0.15, 0.2) is 10.7 Å². The molecule has 1 N–H and O–H groups in total. The Hall–Kier alpha value is -0.620. The van der Waals surface area contributed by atoms with E-state index >= 15 is 0 Å². The fraction of sp³-hybridized carbons (Fsp3) is 0.286. The molecule has 0 unspecified atom stereocenters. The molecule has 1 rings (SSSR count). The molecule has 0 bridgehead atoms. The van der Waals surface area contributed by atoms with E-state index in [-0.39, 0.29) is 10.2 Å². The lowest BCUT2D eigenvalue weighted by atomic mass is 10.1. The summed E-state index contributed by atoms with van der Waals surface area (Å²) in [7, 11) is 0. The number of pyridine rings is 1. The van der Waals surface area contributed by atoms with Crippen LogP contribution in [0.2, 0.25) is 0 Å². The minimum atomic E-state index is -2.79. The maximum atomic E-state index is 12.6. The van der Waals surface area contributed by atoms with Crippen LogP contribution in [0.25, 0.3) is 0 Å². The summed E-state index contributed by atoms with van der Waals surface area (Å²) in [6.07, 6.45) is -2.79. The fourth-order valence-electron chi connectivity index (χ4n) is 0.901. The zero-order chi connectivity index (χ0) is 10.0. The van der Waals surface area contributed by atoms with Gasteiger partial charge in [0, 0.05) is 0 Å². The van der Waals surface area contributed by atoms with Crippen LogP contribution in [0, 0.1) is 5.95 Å². The molecule has 6 heteroatoms. The van der Waals surface area contributed by atoms with E-state index in [4.69, 9.17) is 5.11 Å². The fourth-order valence-corrected chi connectivity index (χ4v) is 1.50. The van der Waals surface area contributed by atoms with Gasteiger partial charge in [-0.15, -0.1) is 0 Å². The van der Waals surface area contributed by atoms with E-state index in [2.05, 4.69) is 20.9 Å². The Morgan fingerprint density at radius 3 is 2.62 bits per heavy atom. The second kappa shape index (κ2) is 4.06. The molecule has 1 aromatic heterocycles. The molecule has 1 aromatic rings. The molecule has 0 aromatic carbocycles. The van der Waals surface area contributed by atoms with Gasteiger partial charge in [0.2, 0.25) is 5.95 Å². The molecule has 72 valence electrons. The van der Waals surface area contributed by atoms with Gasteiger partial charge in [0.15, 0.2) is 0 Å². The largest absolute Gasteiger partial charge is 0.392 e. The molecular weight excluding hydrogens is 251 g/mol. The number of nitrogens with zero attached hydrogens (tertiary/aromatic N) is 1. The lowest BCUT2D eigenvalue weighted by Crippen LogP contribution is -2.00. The van der Waals surface area contributed by atoms with Gasteiger partial charge in [-0.2, -0.15) is 4.39 Å². The number of halogens is 4. The average Bonchev–Trinajstić information content (AvgIpc) is 2.01. The number of hydrogen-bond donors (Lipinski definition) is 1. The first kappa shape index (κ1) is 10.5. The van der Waals surface area contributed by atoms with E-state index in [0.717, 1.165) is 6.07 Å². The Bertz CT molecular complexity index is 319. The number of alkyl halides is 2. The lowest BCUT2D eigenvalue weighted by Gasteiger charge is -2.07. The van der Waals surface area contributed by atoms with Crippen molar-refractivity contribution in [2.75, 3.05) is 0 Å². The highest BCUT2D eigenvalue weighted by Gasteiger charge is 2.18. The monoisotopic (exact) mass is 255 g/mol. The average molecular weight is 256 g/mol. The van der Waals surface area contributed by atoms with Crippen molar-refractivity contribution in [3.63, 3.8) is 0 Å². The van der Waals surface area contributed by atoms with Crippen LogP contribution in [-0.4, -0.2) is 10.1 Å². The van der Waals surface area contributed by atoms with Crippen molar-refractivity contribution in [3.8, 4) is 0 Å². The quantitative estimate of drug-likeness (QED) is 0.824. The van der Waals surface area contributed by atoms with Gasteiger partial charge in [0.1, 0.15) is 4.60 Å². The molecule has 2 nitrogen and oxygen atoms in total. The van der Waals surface area contributed by atoms with Gasteiger partial charge in [-0.1, -0.05) is 0 Å². The highest BCUT2D eigenvalue weighted by molar-refractivity contribution is 9.10. The van der Waals surface area contributed by atoms with E-state index in [1.54, 1.807) is 0 Å². The van der Waals surface area contributed by atoms with Crippen LogP contribution < -0.4 is 0 Å². The maximum Gasteiger partial charge on any atom is 0.266 e. The minimum Gasteiger partial charge on any atom is -0.392 e. The van der Waals surface area contributed by atoms with E-state index in [9.17, 15) is 13.2 Å². The molecule has 1 heterocycles. The Morgan fingerprint density at radius 1 is 1.54 bits per heavy atom. The van der Waals surface area contributed by atoms with Gasteiger partial charge in [-0.3, -0.25) is 0 Å². The van der Waals surface area contributed by atoms with Crippen molar-refractivity contribution < 1.29 is 18.3 Å². The van der Waals surface area contributed by atoms with Crippen LogP contribution in [0.4, 0.5) is 13.2 Å². The summed E-state index contributed by atoms with van der Waals surface area (Å²) < 4.78 is 36.9. The smallest absolute Gasteiger partial charge is 0.266 e. The Labute approximate surface area is 80.5 Å². The molecule has 0 aliphatic heterocycles. The van der Waals surface area contributed by atoms with Gasteiger partial charge >= 0.3 is 0 Å². The number of aromatic nitrogens is 1. The SMILES string of the molecule is OCc1cc(F)nc(Br)c1C(F)F. The standard InChI is InChI=1S/C7H5BrF3NO/c8-6-5(7(10)11)3(2-13)1-4(9)12-6/h1,7,13H,2H2. The first-order valence-corrected chi connectivity index (χ1v) is 4.09. The number of aliphatic hydroxyl groups is 1. The molecule has 13 heavy (non-hydrogen) atoms. The lowest BCUT2D eigenvalue weighted by molar-refractivity contribution is 0.145. The van der Waals surface area contributed by atoms with Crippen LogP contribution >= 0.6 is 15.9 Å². The number of aliphatic hydroxyl groups excluding tert-OH is 1. The maximum absolute atomic E-state index is 12.6. The molecular formula is C7H5BrF3NO. The van der Waals surface area contributed by atoms with Crippen molar-refractivity contribution in [2.45, 2.75) is 13.0 Å². The molecule has 0 aliphatic rings. The van der Waals surface area contributed by atoms with Crippen LogP contribution in [-0.2, 0) is 6.61 Å². The molecule has 0 saturated heterocycles. The minimum absolute atomic E-state index is 0.158. The molecule has 0 fully saturated rings. The second-order valence-corrected chi connectivity index (χ2v) is 3.02. The van der Waals surface area contributed by atoms with Gasteiger partial charge in [0.25, 0.3) is 6.43 Å². The predicted octanol–water partition coefficient (Wildman–Crippen LogP) is 2.41. The highest BCUT2D eigenvalue weighted by Crippen LogP contribution is 2.29. The van der Waals surface area contributed by atoms with Crippen molar-refractivity contribution in [3.05, 3.63) is 27.7 Å². The molecule has 0 atom stereocenters. The summed E-state index contributed by atoms with van der Waals surface area (Å²) in [6, 6.07) is 0.784. The first-order chi connectivity index (χ1) is 6.06. The van der Waals surface area contributed by atoms with Crippen molar-refractivity contribution in [1.29, 1.82) is 0 Å². The molecule has 0 saturated carbocycles. The normalized spacial score (nSPS) is 10.9. The van der Waals surface area contributed by atoms with Crippen LogP contribution in [0.1, 0.15) is 17.6 Å². The summed E-state index contributed by atoms with van der Waals surface area (Å²) in [4.78, 5) is 3.16. The van der Waals surface area contributed by atoms with E-state index < -0.39 is 24.5 Å². The summed E-state index contributed by atoms with van der Waals surface area (Å²) in [5.74, 6) is -0.902. The summed E-state index contributed by atoms with van der Waals surface area (Å²) >= 11 is 2.70. The second-order valence-electron chi connectivity index (χ2n) is 2.27. The summed E-state index contributed by atoms with van der Waals surface area (Å²) in [5.41, 5.74) is -0.627. The number of hydrogen-bond acceptors (Lipinski definition) is 2. The molecule has 0 aliphatic carbocycles. The van der Waals surface area contributed by atoms with E-state index in [1.165, 1.54) is 0 Å². The van der Waals surface area contributed by atoms with Gasteiger partial charge < -0.3 is 5.11 Å². The Kier molecular flexibility index (Phi) is 3.27. The zero-order valence-corrected chi connectivity index (χ0v) is 7.85. The third kappa shape index (κ3) is 2.19. The third-order valence-corrected chi connectivity index (χ3v) is 2.06. The van der Waals surface area contributed by atoms with Crippen molar-refractivity contribution >= 4 is 15.9 Å². The van der Waals surface area contributed by atoms with Gasteiger partial charge in [-0.05, 0) is 27.6 Å². The van der Waals surface area contributed by atoms with Gasteiger partial charge in [0.05, 0.1) is 12.2 Å². The zero-order valence-electron chi connectivity index (χ0n) is 6.27. The third-order valence-electron chi connectivity index (χ3n) is 1.46. The molecule has 0 amide bonds. The topological polar surface area (TPSA) is 33.1 Å². The molecule has 0 radical (unpaired) electrons.